The minimum Gasteiger partial charge on any atom is -2.00 e. The Morgan fingerprint density at radius 2 is 1.00 bits per heavy atom. The second kappa shape index (κ2) is 20.9. The van der Waals surface area contributed by atoms with Gasteiger partial charge in [-0.3, -0.25) is 0 Å². The van der Waals surface area contributed by atoms with Crippen molar-refractivity contribution in [2.24, 2.45) is 0 Å². The van der Waals surface area contributed by atoms with Crippen LogP contribution in [0.1, 0.15) is 0 Å². The average Bonchev–Trinajstić information content (AvgIpc) is 0. The maximum atomic E-state index is 0. The maximum absolute atomic E-state index is 0. The molecule has 0 rings (SSSR count). The van der Waals surface area contributed by atoms with Crippen molar-refractivity contribution in [1.82, 2.24) is 0 Å². The molecular formula is AlMoOW+5. The summed E-state index contributed by atoms with van der Waals surface area (Å²) in [5.74, 6) is 0. The fourth-order valence-electron chi connectivity index (χ4n) is 0. The molecule has 0 amide bonds. The number of hydrogen-bond donors (Lipinski definition) is 0. The third kappa shape index (κ3) is 9.12. The van der Waals surface area contributed by atoms with Crippen molar-refractivity contribution in [1.29, 1.82) is 0 Å². The van der Waals surface area contributed by atoms with Crippen LogP contribution in [0, 0.1) is 0 Å². The quantitative estimate of drug-likeness (QED) is 0.538. The Balaban J connectivity index is 0. The van der Waals surface area contributed by atoms with Gasteiger partial charge in [0.05, 0.1) is 0 Å². The smallest absolute Gasteiger partial charge is 2.00 e. The van der Waals surface area contributed by atoms with Crippen LogP contribution in [0.3, 0.4) is 0 Å². The number of rotatable bonds is 0. The molecule has 0 fully saturated rings. The molecule has 16 valence electrons. The van der Waals surface area contributed by atoms with Gasteiger partial charge in [-0.15, -0.1) is 0 Å². The van der Waals surface area contributed by atoms with Gasteiger partial charge in [-0.05, 0) is 0 Å². The molecule has 4 heavy (non-hydrogen) atoms. The molecule has 0 N–H and O–H groups in total. The number of hydrogen-bond acceptors (Lipinski definition) is 0. The Morgan fingerprint density at radius 1 is 1.00 bits per heavy atom. The van der Waals surface area contributed by atoms with Crippen LogP contribution in [0.25, 0.3) is 0 Å². The predicted molar refractivity (Wildman–Crippen MR) is 6.44 cm³/mol. The Morgan fingerprint density at radius 3 is 1.00 bits per heavy atom. The molecular weight excluding hydrogens is 323 g/mol. The van der Waals surface area contributed by atoms with Crippen molar-refractivity contribution in [3.05, 3.63) is 0 Å². The molecule has 0 aromatic rings. The van der Waals surface area contributed by atoms with E-state index in [2.05, 4.69) is 0 Å². The van der Waals surface area contributed by atoms with E-state index in [1.807, 2.05) is 0 Å². The minimum atomic E-state index is 0. The van der Waals surface area contributed by atoms with Crippen molar-refractivity contribution in [3.63, 3.8) is 0 Å². The molecule has 0 heterocycles. The molecule has 4 heteroatoms. The zero-order valence-electron chi connectivity index (χ0n) is 1.80. The van der Waals surface area contributed by atoms with Gasteiger partial charge in [0.1, 0.15) is 0 Å². The van der Waals surface area contributed by atoms with Crippen molar-refractivity contribution >= 4 is 17.4 Å². The van der Waals surface area contributed by atoms with Gasteiger partial charge in [-0.1, -0.05) is 0 Å². The Hall–Kier alpha value is 1.87. The van der Waals surface area contributed by atoms with Gasteiger partial charge in [0, 0.05) is 21.1 Å². The molecule has 0 saturated carbocycles. The maximum Gasteiger partial charge on any atom is 4.00 e. The standard InChI is InChI=1S/Al.Mo.O.W/q+3;+4;-2;. The Labute approximate surface area is 64.5 Å². The van der Waals surface area contributed by atoms with E-state index in [4.69, 9.17) is 0 Å². The molecule has 0 aliphatic rings. The molecule has 0 aromatic carbocycles. The average molecular weight is 323 g/mol. The van der Waals surface area contributed by atoms with E-state index in [0.29, 0.717) is 0 Å². The summed E-state index contributed by atoms with van der Waals surface area (Å²) in [5, 5.41) is 0. The van der Waals surface area contributed by atoms with Crippen LogP contribution in [0.4, 0.5) is 0 Å². The monoisotopic (exact) mass is 325 g/mol. The minimum absolute atomic E-state index is 0. The van der Waals surface area contributed by atoms with Crippen LogP contribution in [0.2, 0.25) is 0 Å². The van der Waals surface area contributed by atoms with Crippen LogP contribution >= 0.6 is 0 Å². The molecule has 0 aromatic heterocycles. The summed E-state index contributed by atoms with van der Waals surface area (Å²) in [5.41, 5.74) is 0. The Bertz CT molecular complexity index is 8.00. The van der Waals surface area contributed by atoms with Gasteiger partial charge < -0.3 is 5.48 Å². The molecule has 0 saturated heterocycles. The van der Waals surface area contributed by atoms with Gasteiger partial charge >= 0.3 is 38.4 Å². The first kappa shape index (κ1) is 39.8. The fraction of sp³-hybridized carbons (Fsp3) is 0. The normalized spacial score (nSPS) is 0. The summed E-state index contributed by atoms with van der Waals surface area (Å²) in [6.45, 7) is 0. The molecule has 0 unspecified atom stereocenters. The van der Waals surface area contributed by atoms with Gasteiger partial charge in [-0.25, -0.2) is 0 Å². The molecule has 0 aliphatic heterocycles. The molecule has 0 atom stereocenters. The summed E-state index contributed by atoms with van der Waals surface area (Å²) < 4.78 is 0. The SMILES string of the molecule is [Al+3].[Mo+4].[O-2].[W]. The van der Waals surface area contributed by atoms with Gasteiger partial charge in [-0.2, -0.15) is 0 Å². The third-order valence-electron chi connectivity index (χ3n) is 0. The first-order valence-corrected chi connectivity index (χ1v) is 0. The second-order valence-electron chi connectivity index (χ2n) is 0. The van der Waals surface area contributed by atoms with E-state index in [0.717, 1.165) is 0 Å². The van der Waals surface area contributed by atoms with Crippen molar-refractivity contribution in [3.8, 4) is 0 Å². The van der Waals surface area contributed by atoms with E-state index in [-0.39, 0.29) is 65.0 Å². The summed E-state index contributed by atoms with van der Waals surface area (Å²) in [6.07, 6.45) is 0. The topological polar surface area (TPSA) is 28.5 Å². The van der Waals surface area contributed by atoms with Gasteiger partial charge in [0.15, 0.2) is 0 Å². The van der Waals surface area contributed by atoms with Crippen LogP contribution in [0.15, 0.2) is 0 Å². The van der Waals surface area contributed by atoms with E-state index < -0.39 is 0 Å². The van der Waals surface area contributed by atoms with Crippen molar-refractivity contribution in [2.75, 3.05) is 0 Å². The molecule has 1 nitrogen and oxygen atoms in total. The van der Waals surface area contributed by atoms with E-state index in [9.17, 15) is 0 Å². The summed E-state index contributed by atoms with van der Waals surface area (Å²) >= 11 is 0. The van der Waals surface area contributed by atoms with Crippen LogP contribution in [0.5, 0.6) is 0 Å². The van der Waals surface area contributed by atoms with Crippen molar-refractivity contribution in [2.45, 2.75) is 0 Å². The largest absolute Gasteiger partial charge is 4.00 e. The first-order chi connectivity index (χ1) is 0. The molecule has 0 spiro atoms. The van der Waals surface area contributed by atoms with Crippen molar-refractivity contribution < 1.29 is 47.6 Å². The van der Waals surface area contributed by atoms with E-state index in [1.54, 1.807) is 0 Å². The zero-order chi connectivity index (χ0) is 0. The van der Waals surface area contributed by atoms with Crippen LogP contribution < -0.4 is 0 Å². The molecule has 0 aliphatic carbocycles. The second-order valence-corrected chi connectivity index (χ2v) is 0. The predicted octanol–water partition coefficient (Wildman–Crippen LogP) is -0.505. The molecule has 0 bridgehead atoms. The molecule has 0 radical (unpaired) electrons. The summed E-state index contributed by atoms with van der Waals surface area (Å²) in [7, 11) is 0. The Kier molecular flexibility index (Phi) is 208. The first-order valence-electron chi connectivity index (χ1n) is 0. The van der Waals surface area contributed by atoms with E-state index >= 15 is 0 Å². The van der Waals surface area contributed by atoms with Crippen LogP contribution in [-0.2, 0) is 47.6 Å². The van der Waals surface area contributed by atoms with E-state index in [1.165, 1.54) is 0 Å². The third-order valence-corrected chi connectivity index (χ3v) is 0. The summed E-state index contributed by atoms with van der Waals surface area (Å²) in [4.78, 5) is 0. The van der Waals surface area contributed by atoms with Gasteiger partial charge in [0.25, 0.3) is 0 Å². The van der Waals surface area contributed by atoms with Crippen LogP contribution in [-0.4, -0.2) is 17.4 Å². The zero-order valence-corrected chi connectivity index (χ0v) is 7.90. The van der Waals surface area contributed by atoms with Gasteiger partial charge in [0.2, 0.25) is 0 Å². The summed E-state index contributed by atoms with van der Waals surface area (Å²) in [6, 6.07) is 0. The fourth-order valence-corrected chi connectivity index (χ4v) is 0.